The molecule has 3 rings (SSSR count). The molecule has 3 N–H and O–H groups in total. The number of phenols is 2. The molecular weight excluding hydrogens is 288 g/mol. The van der Waals surface area contributed by atoms with E-state index in [9.17, 15) is 19.8 Å². The van der Waals surface area contributed by atoms with E-state index in [-0.39, 0.29) is 22.6 Å². The first-order chi connectivity index (χ1) is 10.5. The number of carbonyl (C=O) groups is 2. The molecule has 0 atom stereocenters. The highest BCUT2D eigenvalue weighted by Gasteiger charge is 2.31. The molecule has 0 bridgehead atoms. The van der Waals surface area contributed by atoms with E-state index in [1.165, 1.54) is 30.3 Å². The predicted molar refractivity (Wildman–Crippen MR) is 76.1 cm³/mol. The highest BCUT2D eigenvalue weighted by atomic mass is 16.5. The third-order valence-electron chi connectivity index (χ3n) is 3.27. The SMILES string of the molecule is O=C(O)c1ccccc1/C=C1/Oc2c(ccc(O)c2O)C1=O. The molecule has 0 fully saturated rings. The molecule has 1 aliphatic rings. The number of phenolic OH excluding ortho intramolecular Hbond substituents is 2. The van der Waals surface area contributed by atoms with Crippen LogP contribution in [0.4, 0.5) is 0 Å². The Labute approximate surface area is 124 Å². The lowest BCUT2D eigenvalue weighted by Gasteiger charge is -2.03. The molecule has 2 aromatic rings. The number of fused-ring (bicyclic) bond motifs is 1. The first-order valence-corrected chi connectivity index (χ1v) is 6.30. The van der Waals surface area contributed by atoms with Gasteiger partial charge in [0.2, 0.25) is 11.5 Å². The second-order valence-corrected chi connectivity index (χ2v) is 4.64. The minimum Gasteiger partial charge on any atom is -0.504 e. The molecule has 110 valence electrons. The third kappa shape index (κ3) is 2.07. The first-order valence-electron chi connectivity index (χ1n) is 6.30. The standard InChI is InChI=1S/C16H10O6/c17-11-6-5-10-13(18)12(22-15(10)14(11)19)7-8-3-1-2-4-9(8)16(20)21/h1-7,17,19H,(H,20,21)/b12-7+. The lowest BCUT2D eigenvalue weighted by Crippen LogP contribution is -2.02. The van der Waals surface area contributed by atoms with Gasteiger partial charge < -0.3 is 20.1 Å². The minimum atomic E-state index is -1.13. The number of carbonyl (C=O) groups excluding carboxylic acids is 1. The number of rotatable bonds is 2. The van der Waals surface area contributed by atoms with E-state index in [0.717, 1.165) is 0 Å². The summed E-state index contributed by atoms with van der Waals surface area (Å²) in [4.78, 5) is 23.4. The van der Waals surface area contributed by atoms with Crippen molar-refractivity contribution < 1.29 is 29.6 Å². The average molecular weight is 298 g/mol. The van der Waals surface area contributed by atoms with Crippen molar-refractivity contribution in [2.75, 3.05) is 0 Å². The summed E-state index contributed by atoms with van der Waals surface area (Å²) < 4.78 is 5.28. The molecule has 1 heterocycles. The van der Waals surface area contributed by atoms with Gasteiger partial charge in [-0.1, -0.05) is 18.2 Å². The Balaban J connectivity index is 2.08. The van der Waals surface area contributed by atoms with Crippen LogP contribution < -0.4 is 4.74 Å². The summed E-state index contributed by atoms with van der Waals surface area (Å²) in [6.07, 6.45) is 1.29. The Morgan fingerprint density at radius 3 is 2.55 bits per heavy atom. The molecule has 0 radical (unpaired) electrons. The number of carboxylic acids is 1. The Morgan fingerprint density at radius 1 is 1.09 bits per heavy atom. The van der Waals surface area contributed by atoms with Crippen molar-refractivity contribution in [2.24, 2.45) is 0 Å². The van der Waals surface area contributed by atoms with E-state index >= 15 is 0 Å². The van der Waals surface area contributed by atoms with Gasteiger partial charge in [0.15, 0.2) is 17.3 Å². The van der Waals surface area contributed by atoms with Gasteiger partial charge in [0.25, 0.3) is 0 Å². The molecule has 1 aliphatic heterocycles. The minimum absolute atomic E-state index is 0.0226. The molecule has 0 aromatic heterocycles. The molecule has 2 aromatic carbocycles. The summed E-state index contributed by atoms with van der Waals surface area (Å²) in [5.74, 6) is -2.81. The van der Waals surface area contributed by atoms with Gasteiger partial charge in [-0.15, -0.1) is 0 Å². The van der Waals surface area contributed by atoms with Crippen LogP contribution in [0.5, 0.6) is 17.2 Å². The Kier molecular flexibility index (Phi) is 3.06. The Morgan fingerprint density at radius 2 is 1.82 bits per heavy atom. The Hall–Kier alpha value is -3.28. The van der Waals surface area contributed by atoms with Gasteiger partial charge in [0.05, 0.1) is 11.1 Å². The smallest absolute Gasteiger partial charge is 0.336 e. The van der Waals surface area contributed by atoms with E-state index in [2.05, 4.69) is 0 Å². The zero-order valence-corrected chi connectivity index (χ0v) is 11.1. The first kappa shape index (κ1) is 13.7. The van der Waals surface area contributed by atoms with Crippen molar-refractivity contribution in [1.29, 1.82) is 0 Å². The number of aromatic carboxylic acids is 1. The normalized spacial score (nSPS) is 14.7. The summed E-state index contributed by atoms with van der Waals surface area (Å²) in [6, 6.07) is 8.66. The fraction of sp³-hybridized carbons (Fsp3) is 0. The number of aromatic hydroxyl groups is 2. The number of Topliss-reactive ketones (excluding diaryl/α,β-unsaturated/α-hetero) is 1. The van der Waals surface area contributed by atoms with Crippen LogP contribution >= 0.6 is 0 Å². The van der Waals surface area contributed by atoms with Crippen LogP contribution in [0.25, 0.3) is 6.08 Å². The topological polar surface area (TPSA) is 104 Å². The second-order valence-electron chi connectivity index (χ2n) is 4.64. The second kappa shape index (κ2) is 4.92. The van der Waals surface area contributed by atoms with Crippen LogP contribution in [0, 0.1) is 0 Å². The average Bonchev–Trinajstić information content (AvgIpc) is 2.81. The van der Waals surface area contributed by atoms with Crippen molar-refractivity contribution >= 4 is 17.8 Å². The van der Waals surface area contributed by atoms with Gasteiger partial charge >= 0.3 is 5.97 Å². The quantitative estimate of drug-likeness (QED) is 0.581. The number of ether oxygens (including phenoxy) is 1. The van der Waals surface area contributed by atoms with Gasteiger partial charge in [-0.2, -0.15) is 0 Å². The van der Waals surface area contributed by atoms with Crippen molar-refractivity contribution in [1.82, 2.24) is 0 Å². The molecule has 6 heteroatoms. The van der Waals surface area contributed by atoms with Crippen molar-refractivity contribution in [2.45, 2.75) is 0 Å². The van der Waals surface area contributed by atoms with Crippen LogP contribution in [-0.4, -0.2) is 27.1 Å². The van der Waals surface area contributed by atoms with E-state index < -0.39 is 23.3 Å². The van der Waals surface area contributed by atoms with Gasteiger partial charge in [-0.05, 0) is 29.8 Å². The van der Waals surface area contributed by atoms with Crippen LogP contribution in [0.3, 0.4) is 0 Å². The zero-order chi connectivity index (χ0) is 15.9. The van der Waals surface area contributed by atoms with Gasteiger partial charge in [-0.25, -0.2) is 4.79 Å². The lowest BCUT2D eigenvalue weighted by atomic mass is 10.0. The molecular formula is C16H10O6. The maximum Gasteiger partial charge on any atom is 0.336 e. The lowest BCUT2D eigenvalue weighted by molar-refractivity contribution is 0.0696. The number of ketones is 1. The van der Waals surface area contributed by atoms with Gasteiger partial charge in [0, 0.05) is 0 Å². The summed E-state index contributed by atoms with van der Waals surface area (Å²) in [5, 5.41) is 28.3. The third-order valence-corrected chi connectivity index (χ3v) is 3.27. The van der Waals surface area contributed by atoms with Crippen molar-refractivity contribution in [3.05, 3.63) is 58.8 Å². The molecule has 0 spiro atoms. The summed E-state index contributed by atoms with van der Waals surface area (Å²) in [5.41, 5.74) is 0.429. The maximum absolute atomic E-state index is 12.2. The van der Waals surface area contributed by atoms with Crippen molar-refractivity contribution in [3.63, 3.8) is 0 Å². The van der Waals surface area contributed by atoms with Gasteiger partial charge in [-0.3, -0.25) is 4.79 Å². The largest absolute Gasteiger partial charge is 0.504 e. The molecule has 0 saturated heterocycles. The highest BCUT2D eigenvalue weighted by molar-refractivity contribution is 6.15. The molecule has 0 amide bonds. The van der Waals surface area contributed by atoms with Crippen LogP contribution in [0.15, 0.2) is 42.2 Å². The molecule has 22 heavy (non-hydrogen) atoms. The number of allylic oxidation sites excluding steroid dienone is 1. The van der Waals surface area contributed by atoms with Gasteiger partial charge in [0.1, 0.15) is 0 Å². The van der Waals surface area contributed by atoms with Crippen LogP contribution in [0.1, 0.15) is 26.3 Å². The molecule has 6 nitrogen and oxygen atoms in total. The number of benzene rings is 2. The fourth-order valence-electron chi connectivity index (χ4n) is 2.19. The number of hydrogen-bond donors (Lipinski definition) is 3. The van der Waals surface area contributed by atoms with E-state index in [0.29, 0.717) is 5.56 Å². The van der Waals surface area contributed by atoms with E-state index in [4.69, 9.17) is 9.84 Å². The van der Waals surface area contributed by atoms with Crippen molar-refractivity contribution in [3.8, 4) is 17.2 Å². The number of carboxylic acid groups (broad SMARTS) is 1. The Bertz CT molecular complexity index is 835. The predicted octanol–water partition coefficient (Wildman–Crippen LogP) is 2.41. The van der Waals surface area contributed by atoms with Crippen LogP contribution in [0.2, 0.25) is 0 Å². The van der Waals surface area contributed by atoms with Crippen LogP contribution in [-0.2, 0) is 0 Å². The molecule has 0 unspecified atom stereocenters. The molecule has 0 aliphatic carbocycles. The summed E-state index contributed by atoms with van der Waals surface area (Å²) in [6.45, 7) is 0. The zero-order valence-electron chi connectivity index (χ0n) is 11.1. The summed E-state index contributed by atoms with van der Waals surface area (Å²) >= 11 is 0. The highest BCUT2D eigenvalue weighted by Crippen LogP contribution is 2.44. The number of hydrogen-bond acceptors (Lipinski definition) is 5. The fourth-order valence-corrected chi connectivity index (χ4v) is 2.19. The van der Waals surface area contributed by atoms with E-state index in [1.54, 1.807) is 12.1 Å². The van der Waals surface area contributed by atoms with E-state index in [1.807, 2.05) is 0 Å². The monoisotopic (exact) mass is 298 g/mol. The summed E-state index contributed by atoms with van der Waals surface area (Å²) in [7, 11) is 0. The maximum atomic E-state index is 12.2. The molecule has 0 saturated carbocycles.